The van der Waals surface area contributed by atoms with Crippen LogP contribution < -0.4 is 5.56 Å². The van der Waals surface area contributed by atoms with Crippen LogP contribution in [-0.4, -0.2) is 10.1 Å². The lowest BCUT2D eigenvalue weighted by atomic mass is 9.95. The van der Waals surface area contributed by atoms with Gasteiger partial charge in [0.1, 0.15) is 0 Å². The molecule has 0 unspecified atom stereocenters. The van der Waals surface area contributed by atoms with Gasteiger partial charge in [-0.3, -0.25) is 9.78 Å². The second kappa shape index (κ2) is 2.73. The summed E-state index contributed by atoms with van der Waals surface area (Å²) in [7, 11) is 0. The summed E-state index contributed by atoms with van der Waals surface area (Å²) in [4.78, 5) is 14.0. The molecule has 2 aromatic rings. The number of aromatic amines is 1. The van der Waals surface area contributed by atoms with Gasteiger partial charge in [-0.05, 0) is 18.1 Å². The fourth-order valence-corrected chi connectivity index (χ4v) is 2.10. The number of hydrogen-bond donors (Lipinski definition) is 2. The maximum atomic E-state index is 11.6. The van der Waals surface area contributed by atoms with Crippen molar-refractivity contribution in [3.05, 3.63) is 45.8 Å². The van der Waals surface area contributed by atoms with Crippen LogP contribution in [0.2, 0.25) is 0 Å². The van der Waals surface area contributed by atoms with E-state index in [0.29, 0.717) is 10.9 Å². The van der Waals surface area contributed by atoms with Crippen molar-refractivity contribution in [3.63, 3.8) is 0 Å². The summed E-state index contributed by atoms with van der Waals surface area (Å²) in [6, 6.07) is 5.63. The maximum Gasteiger partial charge on any atom is 0.258 e. The van der Waals surface area contributed by atoms with E-state index in [4.69, 9.17) is 0 Å². The van der Waals surface area contributed by atoms with Crippen LogP contribution in [0.5, 0.6) is 5.88 Å². The molecular weight excluding hydrogens is 190 g/mol. The first-order chi connectivity index (χ1) is 7.27. The summed E-state index contributed by atoms with van der Waals surface area (Å²) in [6.45, 7) is 0. The predicted octanol–water partition coefficient (Wildman–Crippen LogP) is 1.80. The summed E-state index contributed by atoms with van der Waals surface area (Å²) in [6.07, 6.45) is 4.64. The van der Waals surface area contributed by atoms with Crippen LogP contribution in [0.25, 0.3) is 16.8 Å². The summed E-state index contributed by atoms with van der Waals surface area (Å²) in [5, 5.41) is 11.2. The zero-order valence-corrected chi connectivity index (χ0v) is 7.95. The van der Waals surface area contributed by atoms with Crippen molar-refractivity contribution in [3.8, 4) is 5.88 Å². The monoisotopic (exact) mass is 199 g/mol. The van der Waals surface area contributed by atoms with Gasteiger partial charge in [0.2, 0.25) is 0 Å². The molecule has 0 saturated heterocycles. The molecule has 0 fully saturated rings. The van der Waals surface area contributed by atoms with E-state index in [1.165, 1.54) is 0 Å². The van der Waals surface area contributed by atoms with Crippen LogP contribution in [0.1, 0.15) is 11.1 Å². The maximum absolute atomic E-state index is 11.6. The summed E-state index contributed by atoms with van der Waals surface area (Å²) in [5.74, 6) is -0.0455. The van der Waals surface area contributed by atoms with E-state index in [2.05, 4.69) is 4.98 Å². The molecule has 0 radical (unpaired) electrons. The molecule has 3 rings (SSSR count). The minimum absolute atomic E-state index is 0.0455. The predicted molar refractivity (Wildman–Crippen MR) is 59.0 cm³/mol. The minimum atomic E-state index is -0.233. The Morgan fingerprint density at radius 3 is 3.07 bits per heavy atom. The first-order valence-electron chi connectivity index (χ1n) is 4.81. The number of allylic oxidation sites excluding steroid dienone is 1. The number of benzene rings is 1. The highest BCUT2D eigenvalue weighted by Crippen LogP contribution is 2.30. The third-order valence-electron chi connectivity index (χ3n) is 2.77. The Labute approximate surface area is 85.7 Å². The molecule has 0 amide bonds. The van der Waals surface area contributed by atoms with Crippen LogP contribution in [0.15, 0.2) is 29.1 Å². The van der Waals surface area contributed by atoms with Crippen LogP contribution in [0, 0.1) is 0 Å². The molecule has 0 spiro atoms. The van der Waals surface area contributed by atoms with E-state index in [1.54, 1.807) is 6.07 Å². The lowest BCUT2D eigenvalue weighted by Gasteiger charge is -2.12. The SMILES string of the molecule is O=c1[nH]c(O)c2c3c(cccc13)CC=C2. The number of pyridine rings is 1. The number of nitrogens with one attached hydrogen (secondary N) is 1. The highest BCUT2D eigenvalue weighted by molar-refractivity contribution is 5.95. The highest BCUT2D eigenvalue weighted by Gasteiger charge is 2.14. The van der Waals surface area contributed by atoms with Crippen molar-refractivity contribution >= 4 is 16.8 Å². The number of hydrogen-bond acceptors (Lipinski definition) is 2. The molecule has 1 aromatic heterocycles. The van der Waals surface area contributed by atoms with Gasteiger partial charge in [0.05, 0.1) is 0 Å². The zero-order valence-electron chi connectivity index (χ0n) is 7.95. The third kappa shape index (κ3) is 1.03. The van der Waals surface area contributed by atoms with Crippen LogP contribution >= 0.6 is 0 Å². The smallest absolute Gasteiger partial charge is 0.258 e. The average molecular weight is 199 g/mol. The molecule has 74 valence electrons. The Morgan fingerprint density at radius 2 is 2.20 bits per heavy atom. The number of H-pyrrole nitrogens is 1. The molecular formula is C12H9NO2. The molecule has 15 heavy (non-hydrogen) atoms. The highest BCUT2D eigenvalue weighted by atomic mass is 16.3. The van der Waals surface area contributed by atoms with Crippen molar-refractivity contribution in [1.29, 1.82) is 0 Å². The third-order valence-corrected chi connectivity index (χ3v) is 2.77. The standard InChI is InChI=1S/C12H9NO2/c14-11-8-5-1-3-7-4-2-6-9(10(7)8)12(15)13-11/h1-3,5-6H,4H2,(H2,13,14,15). The second-order valence-corrected chi connectivity index (χ2v) is 3.66. The Hall–Kier alpha value is -2.03. The Morgan fingerprint density at radius 1 is 1.33 bits per heavy atom. The minimum Gasteiger partial charge on any atom is -0.494 e. The van der Waals surface area contributed by atoms with E-state index < -0.39 is 0 Å². The van der Waals surface area contributed by atoms with Crippen LogP contribution in [0.4, 0.5) is 0 Å². The molecule has 0 saturated carbocycles. The molecule has 3 heteroatoms. The molecule has 1 aliphatic rings. The quantitative estimate of drug-likeness (QED) is 0.679. The van der Waals surface area contributed by atoms with Crippen LogP contribution in [0.3, 0.4) is 0 Å². The molecule has 0 aliphatic heterocycles. The molecule has 1 heterocycles. The fourth-order valence-electron chi connectivity index (χ4n) is 2.10. The Bertz CT molecular complexity index is 638. The van der Waals surface area contributed by atoms with E-state index in [1.807, 2.05) is 24.3 Å². The van der Waals surface area contributed by atoms with Crippen molar-refractivity contribution in [2.45, 2.75) is 6.42 Å². The average Bonchev–Trinajstić information content (AvgIpc) is 2.25. The van der Waals surface area contributed by atoms with Gasteiger partial charge in [-0.2, -0.15) is 0 Å². The lowest BCUT2D eigenvalue weighted by Crippen LogP contribution is -2.09. The zero-order chi connectivity index (χ0) is 10.4. The van der Waals surface area contributed by atoms with Gasteiger partial charge in [-0.25, -0.2) is 0 Å². The second-order valence-electron chi connectivity index (χ2n) is 3.66. The van der Waals surface area contributed by atoms with Gasteiger partial charge >= 0.3 is 0 Å². The first-order valence-corrected chi connectivity index (χ1v) is 4.81. The molecule has 1 aromatic carbocycles. The Balaban J connectivity index is 2.65. The number of aromatic nitrogens is 1. The van der Waals surface area contributed by atoms with Crippen molar-refractivity contribution in [2.24, 2.45) is 0 Å². The van der Waals surface area contributed by atoms with E-state index >= 15 is 0 Å². The van der Waals surface area contributed by atoms with Gasteiger partial charge in [-0.15, -0.1) is 0 Å². The van der Waals surface area contributed by atoms with Gasteiger partial charge in [0.15, 0.2) is 5.88 Å². The van der Waals surface area contributed by atoms with Crippen molar-refractivity contribution in [1.82, 2.24) is 4.98 Å². The van der Waals surface area contributed by atoms with E-state index in [9.17, 15) is 9.90 Å². The Kier molecular flexibility index (Phi) is 1.51. The van der Waals surface area contributed by atoms with E-state index in [-0.39, 0.29) is 11.4 Å². The molecule has 0 bridgehead atoms. The summed E-state index contributed by atoms with van der Waals surface area (Å²) < 4.78 is 0. The normalized spacial score (nSPS) is 13.3. The summed E-state index contributed by atoms with van der Waals surface area (Å²) >= 11 is 0. The lowest BCUT2D eigenvalue weighted by molar-refractivity contribution is 0.451. The number of rotatable bonds is 0. The van der Waals surface area contributed by atoms with Gasteiger partial charge in [0, 0.05) is 16.3 Å². The number of aromatic hydroxyl groups is 1. The van der Waals surface area contributed by atoms with Gasteiger partial charge in [0.25, 0.3) is 5.56 Å². The largest absolute Gasteiger partial charge is 0.494 e. The van der Waals surface area contributed by atoms with Gasteiger partial charge in [-0.1, -0.05) is 24.3 Å². The van der Waals surface area contributed by atoms with Gasteiger partial charge < -0.3 is 5.11 Å². The molecule has 3 nitrogen and oxygen atoms in total. The molecule has 2 N–H and O–H groups in total. The van der Waals surface area contributed by atoms with Crippen LogP contribution in [-0.2, 0) is 6.42 Å². The molecule has 1 aliphatic carbocycles. The topological polar surface area (TPSA) is 53.1 Å². The van der Waals surface area contributed by atoms with Crippen molar-refractivity contribution in [2.75, 3.05) is 0 Å². The molecule has 0 atom stereocenters. The fraction of sp³-hybridized carbons (Fsp3) is 0.0833. The van der Waals surface area contributed by atoms with Crippen molar-refractivity contribution < 1.29 is 5.11 Å². The first kappa shape index (κ1) is 8.29. The summed E-state index contributed by atoms with van der Waals surface area (Å²) in [5.41, 5.74) is 1.57. The van der Waals surface area contributed by atoms with E-state index in [0.717, 1.165) is 17.4 Å².